The summed E-state index contributed by atoms with van der Waals surface area (Å²) in [6, 6.07) is 14.7. The minimum Gasteiger partial charge on any atom is -0.494 e. The van der Waals surface area contributed by atoms with E-state index in [0.717, 1.165) is 10.2 Å². The second-order valence-corrected chi connectivity index (χ2v) is 5.50. The van der Waals surface area contributed by atoms with E-state index in [1.54, 1.807) is 12.1 Å². The van der Waals surface area contributed by atoms with Crippen LogP contribution in [0.15, 0.2) is 53.0 Å². The van der Waals surface area contributed by atoms with Gasteiger partial charge in [-0.2, -0.15) is 0 Å². The zero-order valence-electron chi connectivity index (χ0n) is 11.5. The van der Waals surface area contributed by atoms with Crippen molar-refractivity contribution in [2.24, 2.45) is 0 Å². The number of rotatable bonds is 6. The van der Waals surface area contributed by atoms with E-state index >= 15 is 0 Å². The third kappa shape index (κ3) is 5.47. The van der Waals surface area contributed by atoms with Crippen LogP contribution in [0.3, 0.4) is 0 Å². The van der Waals surface area contributed by atoms with Crippen molar-refractivity contribution < 1.29 is 9.53 Å². The molecular weight excluding hydrogens is 332 g/mol. The molecule has 0 saturated heterocycles. The molecule has 0 spiro atoms. The summed E-state index contributed by atoms with van der Waals surface area (Å²) >= 11 is 3.37. The molecule has 0 aliphatic rings. The maximum Gasteiger partial charge on any atom is 0.224 e. The van der Waals surface area contributed by atoms with Crippen molar-refractivity contribution >= 4 is 33.2 Å². The van der Waals surface area contributed by atoms with Crippen LogP contribution in [0.4, 0.5) is 11.4 Å². The second-order valence-electron chi connectivity index (χ2n) is 4.58. The van der Waals surface area contributed by atoms with Gasteiger partial charge in [0, 0.05) is 22.3 Å². The van der Waals surface area contributed by atoms with Gasteiger partial charge in [0.15, 0.2) is 0 Å². The van der Waals surface area contributed by atoms with Crippen LogP contribution in [0.5, 0.6) is 5.75 Å². The van der Waals surface area contributed by atoms with E-state index in [2.05, 4.69) is 21.2 Å². The molecule has 3 N–H and O–H groups in total. The van der Waals surface area contributed by atoms with Crippen LogP contribution in [0.2, 0.25) is 0 Å². The van der Waals surface area contributed by atoms with E-state index in [1.807, 2.05) is 36.4 Å². The highest BCUT2D eigenvalue weighted by atomic mass is 79.9. The maximum absolute atomic E-state index is 11.8. The van der Waals surface area contributed by atoms with Crippen molar-refractivity contribution in [2.75, 3.05) is 17.7 Å². The Labute approximate surface area is 132 Å². The first-order chi connectivity index (χ1) is 10.1. The summed E-state index contributed by atoms with van der Waals surface area (Å²) in [5.41, 5.74) is 7.00. The van der Waals surface area contributed by atoms with Crippen LogP contribution in [0, 0.1) is 0 Å². The number of hydrogen-bond acceptors (Lipinski definition) is 3. The summed E-state index contributed by atoms with van der Waals surface area (Å²) in [5, 5.41) is 2.81. The molecule has 2 aromatic rings. The van der Waals surface area contributed by atoms with Gasteiger partial charge in [-0.3, -0.25) is 4.79 Å². The monoisotopic (exact) mass is 348 g/mol. The fraction of sp³-hybridized carbons (Fsp3) is 0.188. The van der Waals surface area contributed by atoms with Gasteiger partial charge in [0.05, 0.1) is 6.61 Å². The van der Waals surface area contributed by atoms with Gasteiger partial charge in [-0.25, -0.2) is 0 Å². The molecule has 0 aliphatic carbocycles. The molecule has 0 unspecified atom stereocenters. The number of carbonyl (C=O) groups excluding carboxylic acids is 1. The fourth-order valence-electron chi connectivity index (χ4n) is 1.79. The lowest BCUT2D eigenvalue weighted by molar-refractivity contribution is -0.116. The standard InChI is InChI=1S/C16H17BrN2O2/c17-12-6-8-15(9-7-12)21-10-2-5-16(20)19-14-4-1-3-13(18)11-14/h1,3-4,6-9,11H,2,5,10,18H2,(H,19,20). The highest BCUT2D eigenvalue weighted by molar-refractivity contribution is 9.10. The van der Waals surface area contributed by atoms with E-state index in [0.29, 0.717) is 30.8 Å². The van der Waals surface area contributed by atoms with Gasteiger partial charge in [0.2, 0.25) is 5.91 Å². The van der Waals surface area contributed by atoms with Gasteiger partial charge in [0.1, 0.15) is 5.75 Å². The molecule has 5 heteroatoms. The van der Waals surface area contributed by atoms with Crippen molar-refractivity contribution in [1.82, 2.24) is 0 Å². The molecule has 0 atom stereocenters. The van der Waals surface area contributed by atoms with Crippen LogP contribution in [-0.2, 0) is 4.79 Å². The number of amides is 1. The first-order valence-electron chi connectivity index (χ1n) is 6.67. The minimum absolute atomic E-state index is 0.0417. The molecule has 0 bridgehead atoms. The summed E-state index contributed by atoms with van der Waals surface area (Å²) in [4.78, 5) is 11.8. The Morgan fingerprint density at radius 3 is 2.67 bits per heavy atom. The third-order valence-electron chi connectivity index (χ3n) is 2.80. The van der Waals surface area contributed by atoms with E-state index in [9.17, 15) is 4.79 Å². The van der Waals surface area contributed by atoms with E-state index in [4.69, 9.17) is 10.5 Å². The van der Waals surface area contributed by atoms with Crippen molar-refractivity contribution in [2.45, 2.75) is 12.8 Å². The fourth-order valence-corrected chi connectivity index (χ4v) is 2.06. The van der Waals surface area contributed by atoms with Crippen molar-refractivity contribution in [3.8, 4) is 5.75 Å². The average molecular weight is 349 g/mol. The van der Waals surface area contributed by atoms with Crippen molar-refractivity contribution in [3.05, 3.63) is 53.0 Å². The van der Waals surface area contributed by atoms with Crippen LogP contribution in [0.1, 0.15) is 12.8 Å². The molecule has 1 amide bonds. The van der Waals surface area contributed by atoms with Crippen LogP contribution in [-0.4, -0.2) is 12.5 Å². The number of ether oxygens (including phenoxy) is 1. The first kappa shape index (κ1) is 15.4. The van der Waals surface area contributed by atoms with Crippen LogP contribution < -0.4 is 15.8 Å². The molecule has 2 rings (SSSR count). The van der Waals surface area contributed by atoms with E-state index in [-0.39, 0.29) is 5.91 Å². The second kappa shape index (κ2) is 7.69. The number of nitrogen functional groups attached to an aromatic ring is 1. The summed E-state index contributed by atoms with van der Waals surface area (Å²) in [6.07, 6.45) is 1.07. The highest BCUT2D eigenvalue weighted by Gasteiger charge is 2.03. The number of carbonyl (C=O) groups is 1. The Morgan fingerprint density at radius 1 is 1.19 bits per heavy atom. The van der Waals surface area contributed by atoms with E-state index < -0.39 is 0 Å². The molecule has 21 heavy (non-hydrogen) atoms. The number of hydrogen-bond donors (Lipinski definition) is 2. The third-order valence-corrected chi connectivity index (χ3v) is 3.33. The van der Waals surface area contributed by atoms with Gasteiger partial charge in [-0.15, -0.1) is 0 Å². The molecule has 0 fully saturated rings. The van der Waals surface area contributed by atoms with Crippen LogP contribution in [0.25, 0.3) is 0 Å². The number of nitrogens with two attached hydrogens (primary N) is 1. The molecule has 0 aromatic heterocycles. The summed E-state index contributed by atoms with van der Waals surface area (Å²) < 4.78 is 6.57. The molecular formula is C16H17BrN2O2. The molecule has 0 radical (unpaired) electrons. The largest absolute Gasteiger partial charge is 0.494 e. The molecule has 110 valence electrons. The topological polar surface area (TPSA) is 64.3 Å². The predicted octanol–water partition coefficient (Wildman–Crippen LogP) is 3.83. The maximum atomic E-state index is 11.8. The lowest BCUT2D eigenvalue weighted by Gasteiger charge is -2.07. The lowest BCUT2D eigenvalue weighted by Crippen LogP contribution is -2.12. The predicted molar refractivity (Wildman–Crippen MR) is 88.4 cm³/mol. The van der Waals surface area contributed by atoms with Gasteiger partial charge < -0.3 is 15.8 Å². The van der Waals surface area contributed by atoms with Crippen LogP contribution >= 0.6 is 15.9 Å². The van der Waals surface area contributed by atoms with Gasteiger partial charge >= 0.3 is 0 Å². The minimum atomic E-state index is -0.0417. The molecule has 0 saturated carbocycles. The zero-order valence-corrected chi connectivity index (χ0v) is 13.1. The quantitative estimate of drug-likeness (QED) is 0.615. The number of benzene rings is 2. The summed E-state index contributed by atoms with van der Waals surface area (Å²) in [5.74, 6) is 0.759. The Hall–Kier alpha value is -2.01. The summed E-state index contributed by atoms with van der Waals surface area (Å²) in [6.45, 7) is 0.506. The Balaban J connectivity index is 1.68. The average Bonchev–Trinajstić information content (AvgIpc) is 2.45. The van der Waals surface area contributed by atoms with Gasteiger partial charge in [0.25, 0.3) is 0 Å². The SMILES string of the molecule is Nc1cccc(NC(=O)CCCOc2ccc(Br)cc2)c1. The van der Waals surface area contributed by atoms with Crippen molar-refractivity contribution in [3.63, 3.8) is 0 Å². The zero-order chi connectivity index (χ0) is 15.1. The summed E-state index contributed by atoms with van der Waals surface area (Å²) in [7, 11) is 0. The van der Waals surface area contributed by atoms with Crippen molar-refractivity contribution in [1.29, 1.82) is 0 Å². The molecule has 0 aliphatic heterocycles. The van der Waals surface area contributed by atoms with Gasteiger partial charge in [-0.1, -0.05) is 22.0 Å². The lowest BCUT2D eigenvalue weighted by atomic mass is 10.2. The Bertz CT molecular complexity index is 599. The van der Waals surface area contributed by atoms with E-state index in [1.165, 1.54) is 0 Å². The number of anilines is 2. The normalized spacial score (nSPS) is 10.1. The highest BCUT2D eigenvalue weighted by Crippen LogP contribution is 2.16. The smallest absolute Gasteiger partial charge is 0.224 e. The molecule has 2 aromatic carbocycles. The number of halogens is 1. The molecule has 0 heterocycles. The molecule has 4 nitrogen and oxygen atoms in total. The first-order valence-corrected chi connectivity index (χ1v) is 7.46. The Kier molecular flexibility index (Phi) is 5.63. The number of nitrogens with one attached hydrogen (secondary N) is 1. The van der Waals surface area contributed by atoms with Gasteiger partial charge in [-0.05, 0) is 48.9 Å². The Morgan fingerprint density at radius 2 is 1.95 bits per heavy atom.